The van der Waals surface area contributed by atoms with Crippen LogP contribution in [0.5, 0.6) is 11.5 Å². The van der Waals surface area contributed by atoms with Crippen LogP contribution in [0.1, 0.15) is 42.3 Å². The average Bonchev–Trinajstić information content (AvgIpc) is 2.84. The van der Waals surface area contributed by atoms with Crippen molar-refractivity contribution in [3.8, 4) is 11.5 Å². The predicted octanol–water partition coefficient (Wildman–Crippen LogP) is 6.45. The van der Waals surface area contributed by atoms with Gasteiger partial charge in [0.2, 0.25) is 0 Å². The van der Waals surface area contributed by atoms with E-state index < -0.39 is 17.9 Å². The van der Waals surface area contributed by atoms with Crippen LogP contribution in [-0.2, 0) is 4.74 Å². The van der Waals surface area contributed by atoms with Gasteiger partial charge in [0.25, 0.3) is 0 Å². The summed E-state index contributed by atoms with van der Waals surface area (Å²) in [5.41, 5.74) is 3.52. The number of esters is 1. The van der Waals surface area contributed by atoms with Crippen LogP contribution in [-0.4, -0.2) is 25.4 Å². The molecule has 178 valence electrons. The van der Waals surface area contributed by atoms with Gasteiger partial charge in [-0.25, -0.2) is 9.18 Å². The van der Waals surface area contributed by atoms with E-state index >= 15 is 0 Å². The van der Waals surface area contributed by atoms with Crippen molar-refractivity contribution < 1.29 is 28.6 Å². The Labute approximate surface area is 195 Å². The van der Waals surface area contributed by atoms with Gasteiger partial charge in [-0.2, -0.15) is 0 Å². The first-order chi connectivity index (χ1) is 16.4. The molecule has 0 aliphatic heterocycles. The number of carbonyl (C=O) groups excluding carboxylic acids is 1. The summed E-state index contributed by atoms with van der Waals surface area (Å²) in [4.78, 5) is 24.5. The van der Waals surface area contributed by atoms with Crippen LogP contribution in [0.15, 0.2) is 59.3 Å². The summed E-state index contributed by atoms with van der Waals surface area (Å²) >= 11 is 0. The summed E-state index contributed by atoms with van der Waals surface area (Å²) in [5.74, 6) is -1.08. The standard InChI is InChI=1S/C25H25FN2O6/c1-14(2)9-12-20(34-25(29)15-7-5-6-8-17(15)26)16-13-21(32-3)22-18(27-30)10-11-19(28-31)23(22)24(16)33-4/h5-11,13,20,27,30H,12H2,1-4H3. The minimum atomic E-state index is -0.916. The summed E-state index contributed by atoms with van der Waals surface area (Å²) in [5, 5.41) is 13.3. The second kappa shape index (κ2) is 10.8. The van der Waals surface area contributed by atoms with Crippen LogP contribution in [0.2, 0.25) is 0 Å². The van der Waals surface area contributed by atoms with Gasteiger partial charge in [0.1, 0.15) is 29.1 Å². The van der Waals surface area contributed by atoms with E-state index in [0.717, 1.165) is 5.57 Å². The number of ether oxygens (including phenoxy) is 3. The molecule has 0 aliphatic rings. The maximum Gasteiger partial charge on any atom is 0.341 e. The second-order valence-electron chi connectivity index (χ2n) is 7.68. The van der Waals surface area contributed by atoms with Crippen LogP contribution >= 0.6 is 0 Å². The smallest absolute Gasteiger partial charge is 0.341 e. The maximum absolute atomic E-state index is 14.2. The minimum Gasteiger partial charge on any atom is -0.496 e. The Morgan fingerprint density at radius 2 is 1.88 bits per heavy atom. The van der Waals surface area contributed by atoms with Crippen molar-refractivity contribution in [2.24, 2.45) is 5.18 Å². The zero-order valence-corrected chi connectivity index (χ0v) is 19.2. The van der Waals surface area contributed by atoms with Crippen molar-refractivity contribution in [1.82, 2.24) is 0 Å². The molecule has 3 aromatic carbocycles. The molecule has 0 radical (unpaired) electrons. The van der Waals surface area contributed by atoms with E-state index in [-0.39, 0.29) is 40.2 Å². The number of benzene rings is 3. The third-order valence-corrected chi connectivity index (χ3v) is 5.28. The van der Waals surface area contributed by atoms with Crippen LogP contribution < -0.4 is 15.0 Å². The molecular formula is C25H25FN2O6. The molecule has 3 rings (SSSR count). The van der Waals surface area contributed by atoms with Gasteiger partial charge in [0.15, 0.2) is 0 Å². The summed E-state index contributed by atoms with van der Waals surface area (Å²) in [7, 11) is 2.82. The van der Waals surface area contributed by atoms with Crippen molar-refractivity contribution in [1.29, 1.82) is 0 Å². The molecule has 0 bridgehead atoms. The number of nitrogens with one attached hydrogen (secondary N) is 1. The number of anilines is 1. The van der Waals surface area contributed by atoms with Gasteiger partial charge >= 0.3 is 5.97 Å². The summed E-state index contributed by atoms with van der Waals surface area (Å²) < 4.78 is 31.1. The summed E-state index contributed by atoms with van der Waals surface area (Å²) in [6.45, 7) is 3.78. The van der Waals surface area contributed by atoms with Gasteiger partial charge in [-0.05, 0) is 49.4 Å². The quantitative estimate of drug-likeness (QED) is 0.161. The molecule has 34 heavy (non-hydrogen) atoms. The Hall–Kier alpha value is -3.98. The number of hydrogen-bond donors (Lipinski definition) is 2. The van der Waals surface area contributed by atoms with E-state index in [1.54, 1.807) is 6.07 Å². The van der Waals surface area contributed by atoms with E-state index in [2.05, 4.69) is 10.7 Å². The molecule has 1 unspecified atom stereocenters. The predicted molar refractivity (Wildman–Crippen MR) is 127 cm³/mol. The molecule has 0 saturated heterocycles. The second-order valence-corrected chi connectivity index (χ2v) is 7.68. The SMILES string of the molecule is COc1cc(C(CC=C(C)C)OC(=O)c2ccccc2F)c(OC)c2c(N=O)ccc(NO)c12. The molecule has 0 aromatic heterocycles. The number of nitrogens with zero attached hydrogens (tertiary/aromatic N) is 1. The number of halogens is 1. The number of nitroso groups, excluding NO2 is 1. The third-order valence-electron chi connectivity index (χ3n) is 5.28. The Bertz CT molecular complexity index is 1250. The fourth-order valence-corrected chi connectivity index (χ4v) is 3.69. The van der Waals surface area contributed by atoms with Gasteiger partial charge in [-0.15, -0.1) is 4.91 Å². The molecular weight excluding hydrogens is 443 g/mol. The van der Waals surface area contributed by atoms with Crippen molar-refractivity contribution in [2.75, 3.05) is 19.7 Å². The lowest BCUT2D eigenvalue weighted by Gasteiger charge is -2.23. The summed E-state index contributed by atoms with van der Waals surface area (Å²) in [6, 6.07) is 10.00. The first-order valence-electron chi connectivity index (χ1n) is 10.4. The lowest BCUT2D eigenvalue weighted by atomic mass is 9.96. The third kappa shape index (κ3) is 4.84. The Kier molecular flexibility index (Phi) is 7.80. The number of hydrogen-bond acceptors (Lipinski definition) is 8. The highest BCUT2D eigenvalue weighted by molar-refractivity contribution is 6.08. The van der Waals surface area contributed by atoms with Gasteiger partial charge in [0, 0.05) is 12.0 Å². The van der Waals surface area contributed by atoms with E-state index in [9.17, 15) is 19.3 Å². The lowest BCUT2D eigenvalue weighted by molar-refractivity contribution is 0.0293. The van der Waals surface area contributed by atoms with Gasteiger partial charge in [0.05, 0.1) is 36.2 Å². The number of methoxy groups -OCH3 is 2. The highest BCUT2D eigenvalue weighted by Crippen LogP contribution is 2.48. The molecule has 3 aromatic rings. The molecule has 0 amide bonds. The normalized spacial score (nSPS) is 11.5. The Morgan fingerprint density at radius 1 is 1.15 bits per heavy atom. The zero-order valence-electron chi connectivity index (χ0n) is 19.2. The van der Waals surface area contributed by atoms with E-state index in [1.807, 2.05) is 19.9 Å². The molecule has 2 N–H and O–H groups in total. The molecule has 8 nitrogen and oxygen atoms in total. The van der Waals surface area contributed by atoms with Crippen molar-refractivity contribution >= 4 is 28.1 Å². The fraction of sp³-hybridized carbons (Fsp3) is 0.240. The maximum atomic E-state index is 14.2. The average molecular weight is 468 g/mol. The van der Waals surface area contributed by atoms with Gasteiger partial charge in [-0.1, -0.05) is 23.8 Å². The first-order valence-corrected chi connectivity index (χ1v) is 10.4. The molecule has 9 heteroatoms. The molecule has 0 aliphatic carbocycles. The number of carbonyl (C=O) groups is 1. The molecule has 0 fully saturated rings. The highest BCUT2D eigenvalue weighted by atomic mass is 19.1. The van der Waals surface area contributed by atoms with Crippen LogP contribution in [0.4, 0.5) is 15.8 Å². The number of allylic oxidation sites excluding steroid dienone is 1. The van der Waals surface area contributed by atoms with Crippen LogP contribution in [0.3, 0.4) is 0 Å². The first kappa shape index (κ1) is 24.7. The molecule has 0 saturated carbocycles. The Balaban J connectivity index is 2.27. The highest BCUT2D eigenvalue weighted by Gasteiger charge is 2.27. The molecule has 1 atom stereocenters. The Morgan fingerprint density at radius 3 is 2.47 bits per heavy atom. The lowest BCUT2D eigenvalue weighted by Crippen LogP contribution is -2.14. The molecule has 0 heterocycles. The van der Waals surface area contributed by atoms with Crippen molar-refractivity contribution in [3.05, 3.63) is 76.0 Å². The van der Waals surface area contributed by atoms with E-state index in [1.165, 1.54) is 50.6 Å². The van der Waals surface area contributed by atoms with Crippen LogP contribution in [0, 0.1) is 10.7 Å². The molecule has 0 spiro atoms. The monoisotopic (exact) mass is 468 g/mol. The van der Waals surface area contributed by atoms with Crippen molar-refractivity contribution in [2.45, 2.75) is 26.4 Å². The minimum absolute atomic E-state index is 0.0346. The number of fused-ring (bicyclic) bond motifs is 1. The van der Waals surface area contributed by atoms with Crippen LogP contribution in [0.25, 0.3) is 10.8 Å². The van der Waals surface area contributed by atoms with Gasteiger partial charge in [-0.3, -0.25) is 10.7 Å². The largest absolute Gasteiger partial charge is 0.496 e. The van der Waals surface area contributed by atoms with Crippen molar-refractivity contribution in [3.63, 3.8) is 0 Å². The fourth-order valence-electron chi connectivity index (χ4n) is 3.69. The zero-order chi connectivity index (χ0) is 24.8. The van der Waals surface area contributed by atoms with Gasteiger partial charge < -0.3 is 14.2 Å². The van der Waals surface area contributed by atoms with E-state index in [4.69, 9.17) is 14.2 Å². The summed E-state index contributed by atoms with van der Waals surface area (Å²) in [6.07, 6.45) is 1.19. The number of rotatable bonds is 9. The van der Waals surface area contributed by atoms with E-state index in [0.29, 0.717) is 10.9 Å². The topological polar surface area (TPSA) is 106 Å².